The van der Waals surface area contributed by atoms with Crippen LogP contribution in [0.3, 0.4) is 0 Å². The van der Waals surface area contributed by atoms with Crippen LogP contribution >= 0.6 is 0 Å². The van der Waals surface area contributed by atoms with Gasteiger partial charge in [0.2, 0.25) is 0 Å². The minimum Gasteiger partial charge on any atom is -0.466 e. The zero-order valence-corrected chi connectivity index (χ0v) is 10.8. The number of pyridine rings is 1. The highest BCUT2D eigenvalue weighted by atomic mass is 16.5. The first kappa shape index (κ1) is 13.1. The van der Waals surface area contributed by atoms with Gasteiger partial charge in [0.1, 0.15) is 5.69 Å². The van der Waals surface area contributed by atoms with E-state index >= 15 is 0 Å². The van der Waals surface area contributed by atoms with Crippen LogP contribution in [0.25, 0.3) is 0 Å². The standard InChI is InChI=1S/C16H15NO2/c1-19-16(18)12-14-6-4-5-13(11-14)8-9-15-7-2-3-10-17-15/h2-3,7,10-12H,4-6H2,1H3/b14-12-. The van der Waals surface area contributed by atoms with Crippen LogP contribution < -0.4 is 0 Å². The van der Waals surface area contributed by atoms with Crippen molar-refractivity contribution in [2.75, 3.05) is 7.11 Å². The SMILES string of the molecule is COC(=O)/C=C1\C=C(C#Cc2ccccn2)CCC1. The Morgan fingerprint density at radius 2 is 2.26 bits per heavy atom. The van der Waals surface area contributed by atoms with Crippen LogP contribution in [-0.2, 0) is 9.53 Å². The number of hydrogen-bond donors (Lipinski definition) is 0. The first-order chi connectivity index (χ1) is 9.28. The summed E-state index contributed by atoms with van der Waals surface area (Å²) in [5.41, 5.74) is 2.77. The molecule has 19 heavy (non-hydrogen) atoms. The van der Waals surface area contributed by atoms with Crippen molar-refractivity contribution in [3.8, 4) is 11.8 Å². The quantitative estimate of drug-likeness (QED) is 0.439. The third-order valence-corrected chi connectivity index (χ3v) is 2.79. The smallest absolute Gasteiger partial charge is 0.330 e. The average Bonchev–Trinajstić information content (AvgIpc) is 2.46. The van der Waals surface area contributed by atoms with Gasteiger partial charge >= 0.3 is 5.97 Å². The molecule has 0 fully saturated rings. The summed E-state index contributed by atoms with van der Waals surface area (Å²) < 4.78 is 4.63. The number of carbonyl (C=O) groups excluding carboxylic acids is 1. The molecule has 2 rings (SSSR count). The summed E-state index contributed by atoms with van der Waals surface area (Å²) in [6.07, 6.45) is 8.06. The van der Waals surface area contributed by atoms with E-state index in [1.165, 1.54) is 13.2 Å². The van der Waals surface area contributed by atoms with Gasteiger partial charge in [0.05, 0.1) is 7.11 Å². The lowest BCUT2D eigenvalue weighted by Gasteiger charge is -2.10. The van der Waals surface area contributed by atoms with E-state index < -0.39 is 0 Å². The molecule has 96 valence electrons. The lowest BCUT2D eigenvalue weighted by molar-refractivity contribution is -0.134. The molecule has 0 aromatic carbocycles. The number of rotatable bonds is 1. The molecular weight excluding hydrogens is 238 g/mol. The lowest BCUT2D eigenvalue weighted by Crippen LogP contribution is -2.00. The van der Waals surface area contributed by atoms with Crippen LogP contribution in [0.2, 0.25) is 0 Å². The van der Waals surface area contributed by atoms with Crippen molar-refractivity contribution in [3.05, 3.63) is 53.4 Å². The fraction of sp³-hybridized carbons (Fsp3) is 0.250. The zero-order chi connectivity index (χ0) is 13.5. The van der Waals surface area contributed by atoms with Crippen molar-refractivity contribution in [3.63, 3.8) is 0 Å². The largest absolute Gasteiger partial charge is 0.466 e. The predicted molar refractivity (Wildman–Crippen MR) is 73.1 cm³/mol. The van der Waals surface area contributed by atoms with E-state index in [4.69, 9.17) is 0 Å². The molecule has 0 bridgehead atoms. The molecule has 0 saturated carbocycles. The normalized spacial score (nSPS) is 16.3. The summed E-state index contributed by atoms with van der Waals surface area (Å²) in [5.74, 6) is 5.83. The van der Waals surface area contributed by atoms with Gasteiger partial charge in [-0.2, -0.15) is 0 Å². The second-order valence-electron chi connectivity index (χ2n) is 4.23. The van der Waals surface area contributed by atoms with E-state index in [2.05, 4.69) is 21.6 Å². The van der Waals surface area contributed by atoms with Crippen LogP contribution in [0.5, 0.6) is 0 Å². The van der Waals surface area contributed by atoms with Gasteiger partial charge in [0, 0.05) is 17.8 Å². The van der Waals surface area contributed by atoms with Crippen molar-refractivity contribution in [2.24, 2.45) is 0 Å². The van der Waals surface area contributed by atoms with Crippen molar-refractivity contribution >= 4 is 5.97 Å². The molecule has 0 saturated heterocycles. The minimum atomic E-state index is -0.315. The Balaban J connectivity index is 2.15. The summed E-state index contributed by atoms with van der Waals surface area (Å²) >= 11 is 0. The molecule has 1 aromatic rings. The van der Waals surface area contributed by atoms with E-state index in [1.807, 2.05) is 24.3 Å². The first-order valence-electron chi connectivity index (χ1n) is 6.20. The molecule has 0 radical (unpaired) electrons. The molecule has 0 spiro atoms. The Hall–Kier alpha value is -2.34. The molecule has 0 aliphatic heterocycles. The number of aromatic nitrogens is 1. The van der Waals surface area contributed by atoms with Gasteiger partial charge in [0.25, 0.3) is 0 Å². The van der Waals surface area contributed by atoms with Gasteiger partial charge in [-0.15, -0.1) is 0 Å². The minimum absolute atomic E-state index is 0.315. The highest BCUT2D eigenvalue weighted by Crippen LogP contribution is 2.21. The predicted octanol–water partition coefficient (Wildman–Crippen LogP) is 2.64. The van der Waals surface area contributed by atoms with E-state index in [1.54, 1.807) is 6.20 Å². The fourth-order valence-corrected chi connectivity index (χ4v) is 1.85. The lowest BCUT2D eigenvalue weighted by atomic mass is 9.95. The van der Waals surface area contributed by atoms with Crippen LogP contribution in [-0.4, -0.2) is 18.1 Å². The number of carbonyl (C=O) groups is 1. The molecular formula is C16H15NO2. The number of esters is 1. The Labute approximate surface area is 113 Å². The van der Waals surface area contributed by atoms with Crippen molar-refractivity contribution in [1.82, 2.24) is 4.98 Å². The molecule has 0 unspecified atom stereocenters. The molecule has 1 aliphatic rings. The van der Waals surface area contributed by atoms with Crippen molar-refractivity contribution in [2.45, 2.75) is 19.3 Å². The topological polar surface area (TPSA) is 39.2 Å². The molecule has 0 amide bonds. The summed E-state index contributed by atoms with van der Waals surface area (Å²) in [5, 5.41) is 0. The van der Waals surface area contributed by atoms with Gasteiger partial charge in [-0.1, -0.05) is 12.0 Å². The van der Waals surface area contributed by atoms with Crippen LogP contribution in [0, 0.1) is 11.8 Å². The van der Waals surface area contributed by atoms with Gasteiger partial charge in [-0.25, -0.2) is 9.78 Å². The molecule has 1 aliphatic carbocycles. The van der Waals surface area contributed by atoms with Gasteiger partial charge in [-0.3, -0.25) is 0 Å². The number of nitrogens with zero attached hydrogens (tertiary/aromatic N) is 1. The third-order valence-electron chi connectivity index (χ3n) is 2.79. The maximum absolute atomic E-state index is 11.2. The molecule has 3 heteroatoms. The van der Waals surface area contributed by atoms with Gasteiger partial charge < -0.3 is 4.74 Å². The molecule has 1 aromatic heterocycles. The molecule has 0 N–H and O–H groups in total. The molecule has 3 nitrogen and oxygen atoms in total. The molecule has 1 heterocycles. The van der Waals surface area contributed by atoms with E-state index in [9.17, 15) is 4.79 Å². The monoisotopic (exact) mass is 253 g/mol. The number of hydrogen-bond acceptors (Lipinski definition) is 3. The van der Waals surface area contributed by atoms with Crippen molar-refractivity contribution < 1.29 is 9.53 Å². The van der Waals surface area contributed by atoms with E-state index in [-0.39, 0.29) is 5.97 Å². The van der Waals surface area contributed by atoms with Gasteiger partial charge in [-0.05, 0) is 49.0 Å². The van der Waals surface area contributed by atoms with E-state index in [0.29, 0.717) is 0 Å². The van der Waals surface area contributed by atoms with Crippen LogP contribution in [0.15, 0.2) is 47.7 Å². The fourth-order valence-electron chi connectivity index (χ4n) is 1.85. The number of allylic oxidation sites excluding steroid dienone is 3. The van der Waals surface area contributed by atoms with Crippen molar-refractivity contribution in [1.29, 1.82) is 0 Å². The summed E-state index contributed by atoms with van der Waals surface area (Å²) in [6, 6.07) is 5.65. The summed E-state index contributed by atoms with van der Waals surface area (Å²) in [4.78, 5) is 15.3. The summed E-state index contributed by atoms with van der Waals surface area (Å²) in [6.45, 7) is 0. The average molecular weight is 253 g/mol. The zero-order valence-electron chi connectivity index (χ0n) is 10.8. The van der Waals surface area contributed by atoms with Gasteiger partial charge in [0.15, 0.2) is 0 Å². The first-order valence-corrected chi connectivity index (χ1v) is 6.20. The summed E-state index contributed by atoms with van der Waals surface area (Å²) in [7, 11) is 1.38. The number of ether oxygens (including phenoxy) is 1. The van der Waals surface area contributed by atoms with E-state index in [0.717, 1.165) is 36.1 Å². The Morgan fingerprint density at radius 3 is 3.00 bits per heavy atom. The third kappa shape index (κ3) is 4.11. The Kier molecular flexibility index (Phi) is 4.52. The highest BCUT2D eigenvalue weighted by Gasteiger charge is 2.07. The highest BCUT2D eigenvalue weighted by molar-refractivity contribution is 5.83. The number of methoxy groups -OCH3 is 1. The second kappa shape index (κ2) is 6.55. The second-order valence-corrected chi connectivity index (χ2v) is 4.23. The Bertz CT molecular complexity index is 574. The molecule has 0 atom stereocenters. The van der Waals surface area contributed by atoms with Crippen LogP contribution in [0.4, 0.5) is 0 Å². The Morgan fingerprint density at radius 1 is 1.37 bits per heavy atom. The maximum Gasteiger partial charge on any atom is 0.330 e. The maximum atomic E-state index is 11.2. The van der Waals surface area contributed by atoms with Crippen LogP contribution in [0.1, 0.15) is 25.0 Å².